The van der Waals surface area contributed by atoms with E-state index in [0.717, 1.165) is 57.7 Å². The molecule has 3 heterocycles. The van der Waals surface area contributed by atoms with Crippen LogP contribution >= 0.6 is 0 Å². The van der Waals surface area contributed by atoms with Crippen molar-refractivity contribution in [3.63, 3.8) is 0 Å². The number of methoxy groups -OCH3 is 1. The van der Waals surface area contributed by atoms with Crippen molar-refractivity contribution >= 4 is 0 Å². The maximum Gasteiger partial charge on any atom is 0.122 e. The van der Waals surface area contributed by atoms with Gasteiger partial charge in [-0.3, -0.25) is 9.80 Å². The minimum atomic E-state index is 0.741. The Morgan fingerprint density at radius 3 is 2.70 bits per heavy atom. The van der Waals surface area contributed by atoms with Gasteiger partial charge >= 0.3 is 0 Å². The fourth-order valence-corrected chi connectivity index (χ4v) is 3.56. The molecule has 0 amide bonds. The fraction of sp³-hybridized carbons (Fsp3) is 0.824. The summed E-state index contributed by atoms with van der Waals surface area (Å²) in [5.41, 5.74) is 0. The first-order valence-electron chi connectivity index (χ1n) is 8.86. The van der Waals surface area contributed by atoms with Crippen LogP contribution in [0.5, 0.6) is 0 Å². The van der Waals surface area contributed by atoms with Crippen LogP contribution in [0.25, 0.3) is 0 Å². The van der Waals surface area contributed by atoms with Gasteiger partial charge in [0, 0.05) is 45.7 Å². The number of likely N-dealkylation sites (tertiary alicyclic amines) is 1. The third-order valence-electron chi connectivity index (χ3n) is 5.03. The van der Waals surface area contributed by atoms with Gasteiger partial charge in [0.05, 0.1) is 26.4 Å². The molecule has 23 heavy (non-hydrogen) atoms. The van der Waals surface area contributed by atoms with Gasteiger partial charge in [0.15, 0.2) is 0 Å². The predicted octanol–water partition coefficient (Wildman–Crippen LogP) is 1.07. The third kappa shape index (κ3) is 5.01. The lowest BCUT2D eigenvalue weighted by atomic mass is 9.96. The summed E-state index contributed by atoms with van der Waals surface area (Å²) in [5.74, 6) is 2.01. The van der Waals surface area contributed by atoms with Gasteiger partial charge in [-0.2, -0.15) is 0 Å². The van der Waals surface area contributed by atoms with E-state index >= 15 is 0 Å². The number of rotatable bonds is 7. The average Bonchev–Trinajstić information content (AvgIpc) is 3.03. The summed E-state index contributed by atoms with van der Waals surface area (Å²) in [6.45, 7) is 10.2. The standard InChI is InChI=1S/C17H30N4O2/c1-22-11-10-21-7-4-18-17(21)15-19-5-2-16(3-6-19)14-20-8-12-23-13-9-20/h4,7,16H,2-3,5-6,8-15H2,1H3. The minimum absolute atomic E-state index is 0.741. The van der Waals surface area contributed by atoms with E-state index in [-0.39, 0.29) is 0 Å². The Balaban J connectivity index is 1.41. The second-order valence-corrected chi connectivity index (χ2v) is 6.66. The number of hydrogen-bond donors (Lipinski definition) is 0. The molecule has 0 radical (unpaired) electrons. The van der Waals surface area contributed by atoms with Crippen molar-refractivity contribution in [2.45, 2.75) is 25.9 Å². The van der Waals surface area contributed by atoms with Gasteiger partial charge in [-0.05, 0) is 31.8 Å². The SMILES string of the molecule is COCCn1ccnc1CN1CCC(CN2CCOCC2)CC1. The largest absolute Gasteiger partial charge is 0.383 e. The Bertz CT molecular complexity index is 451. The van der Waals surface area contributed by atoms with Gasteiger partial charge < -0.3 is 14.0 Å². The van der Waals surface area contributed by atoms with Crippen molar-refractivity contribution in [2.24, 2.45) is 5.92 Å². The molecule has 6 nitrogen and oxygen atoms in total. The van der Waals surface area contributed by atoms with Crippen molar-refractivity contribution in [3.05, 3.63) is 18.2 Å². The van der Waals surface area contributed by atoms with Crippen LogP contribution in [0.15, 0.2) is 12.4 Å². The third-order valence-corrected chi connectivity index (χ3v) is 5.03. The molecule has 130 valence electrons. The number of hydrogen-bond acceptors (Lipinski definition) is 5. The highest BCUT2D eigenvalue weighted by Crippen LogP contribution is 2.20. The van der Waals surface area contributed by atoms with E-state index in [4.69, 9.17) is 9.47 Å². The Labute approximate surface area is 139 Å². The van der Waals surface area contributed by atoms with E-state index in [0.29, 0.717) is 0 Å². The van der Waals surface area contributed by atoms with Gasteiger partial charge in [-0.25, -0.2) is 4.98 Å². The Kier molecular flexibility index (Phi) is 6.45. The first-order valence-corrected chi connectivity index (χ1v) is 8.86. The van der Waals surface area contributed by atoms with Crippen molar-refractivity contribution in [1.29, 1.82) is 0 Å². The molecule has 0 N–H and O–H groups in total. The molecule has 6 heteroatoms. The molecule has 0 saturated carbocycles. The van der Waals surface area contributed by atoms with Crippen LogP contribution < -0.4 is 0 Å². The quantitative estimate of drug-likeness (QED) is 0.751. The number of imidazole rings is 1. The summed E-state index contributed by atoms with van der Waals surface area (Å²) in [5, 5.41) is 0. The molecule has 0 aromatic carbocycles. The van der Waals surface area contributed by atoms with Gasteiger partial charge in [0.2, 0.25) is 0 Å². The molecule has 0 spiro atoms. The van der Waals surface area contributed by atoms with E-state index in [9.17, 15) is 0 Å². The highest BCUT2D eigenvalue weighted by molar-refractivity contribution is 4.93. The van der Waals surface area contributed by atoms with Gasteiger partial charge in [0.25, 0.3) is 0 Å². The first kappa shape index (κ1) is 16.9. The molecule has 2 aliphatic rings. The molecule has 2 saturated heterocycles. The monoisotopic (exact) mass is 322 g/mol. The molecule has 0 aliphatic carbocycles. The Morgan fingerprint density at radius 2 is 1.96 bits per heavy atom. The normalized spacial score (nSPS) is 21.8. The second-order valence-electron chi connectivity index (χ2n) is 6.66. The average molecular weight is 322 g/mol. The number of ether oxygens (including phenoxy) is 2. The van der Waals surface area contributed by atoms with Crippen molar-refractivity contribution < 1.29 is 9.47 Å². The Hall–Kier alpha value is -0.950. The van der Waals surface area contributed by atoms with Crippen molar-refractivity contribution in [2.75, 3.05) is 59.7 Å². The summed E-state index contributed by atoms with van der Waals surface area (Å²) < 4.78 is 12.8. The molecule has 1 aromatic rings. The summed E-state index contributed by atoms with van der Waals surface area (Å²) in [4.78, 5) is 9.63. The second kappa shape index (κ2) is 8.78. The van der Waals surface area contributed by atoms with Crippen LogP contribution in [0.4, 0.5) is 0 Å². The van der Waals surface area contributed by atoms with E-state index < -0.39 is 0 Å². The number of aromatic nitrogens is 2. The van der Waals surface area contributed by atoms with Crippen LogP contribution in [0.3, 0.4) is 0 Å². The first-order chi connectivity index (χ1) is 11.3. The van der Waals surface area contributed by atoms with Gasteiger partial charge in [0.1, 0.15) is 5.82 Å². The molecule has 1 aromatic heterocycles. The number of piperidine rings is 1. The highest BCUT2D eigenvalue weighted by Gasteiger charge is 2.23. The molecule has 2 fully saturated rings. The zero-order chi connectivity index (χ0) is 15.9. The highest BCUT2D eigenvalue weighted by atomic mass is 16.5. The molecule has 2 aliphatic heterocycles. The number of morpholine rings is 1. The summed E-state index contributed by atoms with van der Waals surface area (Å²) in [6, 6.07) is 0. The Morgan fingerprint density at radius 1 is 1.17 bits per heavy atom. The maximum atomic E-state index is 5.44. The molecule has 0 unspecified atom stereocenters. The van der Waals surface area contributed by atoms with Crippen molar-refractivity contribution in [1.82, 2.24) is 19.4 Å². The van der Waals surface area contributed by atoms with Crippen molar-refractivity contribution in [3.8, 4) is 0 Å². The van der Waals surface area contributed by atoms with Gasteiger partial charge in [-0.1, -0.05) is 0 Å². The summed E-state index contributed by atoms with van der Waals surface area (Å²) in [6.07, 6.45) is 6.56. The van der Waals surface area contributed by atoms with Crippen LogP contribution in [-0.4, -0.2) is 79.0 Å². The topological polar surface area (TPSA) is 42.8 Å². The van der Waals surface area contributed by atoms with E-state index in [1.807, 2.05) is 6.20 Å². The lowest BCUT2D eigenvalue weighted by Crippen LogP contribution is -2.42. The summed E-state index contributed by atoms with van der Waals surface area (Å²) >= 11 is 0. The van der Waals surface area contributed by atoms with Crippen LogP contribution in [-0.2, 0) is 22.6 Å². The van der Waals surface area contributed by atoms with Crippen LogP contribution in [0.2, 0.25) is 0 Å². The molecule has 3 rings (SSSR count). The molecule has 0 bridgehead atoms. The van der Waals surface area contributed by atoms with E-state index in [1.165, 1.54) is 32.5 Å². The molecular formula is C17H30N4O2. The van der Waals surface area contributed by atoms with E-state index in [2.05, 4.69) is 25.5 Å². The smallest absolute Gasteiger partial charge is 0.122 e. The minimum Gasteiger partial charge on any atom is -0.383 e. The van der Waals surface area contributed by atoms with Gasteiger partial charge in [-0.15, -0.1) is 0 Å². The van der Waals surface area contributed by atoms with Crippen LogP contribution in [0, 0.1) is 5.92 Å². The maximum absolute atomic E-state index is 5.44. The molecular weight excluding hydrogens is 292 g/mol. The van der Waals surface area contributed by atoms with Crippen LogP contribution in [0.1, 0.15) is 18.7 Å². The lowest BCUT2D eigenvalue weighted by molar-refractivity contribution is 0.0240. The zero-order valence-electron chi connectivity index (χ0n) is 14.3. The predicted molar refractivity (Wildman–Crippen MR) is 89.4 cm³/mol. The molecule has 0 atom stereocenters. The number of nitrogens with zero attached hydrogens (tertiary/aromatic N) is 4. The zero-order valence-corrected chi connectivity index (χ0v) is 14.3. The van der Waals surface area contributed by atoms with E-state index in [1.54, 1.807) is 7.11 Å². The lowest BCUT2D eigenvalue weighted by Gasteiger charge is -2.35. The fourth-order valence-electron chi connectivity index (χ4n) is 3.56. The summed E-state index contributed by atoms with van der Waals surface area (Å²) in [7, 11) is 1.75.